The zero-order valence-electron chi connectivity index (χ0n) is 14.8. The monoisotopic (exact) mass is 342 g/mol. The molecule has 1 aliphatic heterocycles. The van der Waals surface area contributed by atoms with Crippen molar-refractivity contribution in [2.75, 3.05) is 7.05 Å². The molecule has 0 atom stereocenters. The van der Waals surface area contributed by atoms with Crippen LogP contribution in [-0.4, -0.2) is 33.9 Å². The van der Waals surface area contributed by atoms with Crippen molar-refractivity contribution in [2.45, 2.75) is 57.9 Å². The lowest BCUT2D eigenvalue weighted by Gasteiger charge is -2.30. The fraction of sp³-hybridized carbons (Fsp3) is 0.500. The summed E-state index contributed by atoms with van der Waals surface area (Å²) in [6.45, 7) is 4.37. The average molecular weight is 343 g/mol. The van der Waals surface area contributed by atoms with E-state index >= 15 is 0 Å². The van der Waals surface area contributed by atoms with E-state index < -0.39 is 0 Å². The smallest absolute Gasteiger partial charge is 0.277 e. The molecule has 4 heteroatoms. The number of amides is 1. The molecule has 2 aliphatic rings. The molecule has 0 spiro atoms. The predicted octanol–water partition coefficient (Wildman–Crippen LogP) is 4.54. The number of likely N-dealkylation sites (N-methyl/N-ethyl adjacent to an activating group) is 1. The number of rotatable bonds is 3. The molecule has 1 aromatic rings. The second kappa shape index (κ2) is 7.06. The Balaban J connectivity index is 1.84. The second-order valence-electron chi connectivity index (χ2n) is 7.16. The van der Waals surface area contributed by atoms with Gasteiger partial charge in [0.2, 0.25) is 0 Å². The molecule has 1 heterocycles. The summed E-state index contributed by atoms with van der Waals surface area (Å²) in [5.74, 6) is 0.569. The summed E-state index contributed by atoms with van der Waals surface area (Å²) in [7, 11) is 1.90. The number of hydrogen-bond donors (Lipinski definition) is 0. The van der Waals surface area contributed by atoms with Gasteiger partial charge in [-0.15, -0.1) is 0 Å². The van der Waals surface area contributed by atoms with Crippen molar-refractivity contribution in [3.63, 3.8) is 0 Å². The minimum absolute atomic E-state index is 0.0577. The maximum atomic E-state index is 12.9. The number of thiocarbonyl (C=S) groups is 1. The SMILES string of the molecule is CC(C)c1ccc(C=C2C(=O)N(C3CCCCC3)C(=S)N2C)cc1. The quantitative estimate of drug-likeness (QED) is 0.595. The summed E-state index contributed by atoms with van der Waals surface area (Å²) in [6.07, 6.45) is 7.74. The van der Waals surface area contributed by atoms with Gasteiger partial charge < -0.3 is 4.90 Å². The summed E-state index contributed by atoms with van der Waals surface area (Å²) in [6, 6.07) is 8.70. The molecule has 0 radical (unpaired) electrons. The van der Waals surface area contributed by atoms with Crippen LogP contribution in [0.1, 0.15) is 63.0 Å². The van der Waals surface area contributed by atoms with Crippen molar-refractivity contribution in [1.82, 2.24) is 9.80 Å². The lowest BCUT2D eigenvalue weighted by atomic mass is 9.94. The Bertz CT molecular complexity index is 657. The molecule has 2 fully saturated rings. The minimum Gasteiger partial charge on any atom is -0.317 e. The van der Waals surface area contributed by atoms with Crippen LogP contribution >= 0.6 is 12.2 Å². The molecular weight excluding hydrogens is 316 g/mol. The normalized spacial score (nSPS) is 21.4. The van der Waals surface area contributed by atoms with Crippen molar-refractivity contribution in [2.24, 2.45) is 0 Å². The molecule has 1 saturated heterocycles. The van der Waals surface area contributed by atoms with Gasteiger partial charge in [0.25, 0.3) is 5.91 Å². The van der Waals surface area contributed by atoms with Gasteiger partial charge in [0.05, 0.1) is 0 Å². The number of carbonyl (C=O) groups is 1. The van der Waals surface area contributed by atoms with Crippen LogP contribution in [0.4, 0.5) is 0 Å². The van der Waals surface area contributed by atoms with Crippen LogP contribution in [0, 0.1) is 0 Å². The molecule has 128 valence electrons. The van der Waals surface area contributed by atoms with Crippen LogP contribution < -0.4 is 0 Å². The van der Waals surface area contributed by atoms with Crippen LogP contribution in [0.2, 0.25) is 0 Å². The van der Waals surface area contributed by atoms with Gasteiger partial charge >= 0.3 is 0 Å². The Morgan fingerprint density at radius 3 is 2.33 bits per heavy atom. The van der Waals surface area contributed by atoms with E-state index in [4.69, 9.17) is 12.2 Å². The first kappa shape index (κ1) is 17.2. The lowest BCUT2D eigenvalue weighted by molar-refractivity contribution is -0.124. The maximum absolute atomic E-state index is 12.9. The Labute approximate surface area is 150 Å². The predicted molar refractivity (Wildman–Crippen MR) is 103 cm³/mol. The molecule has 1 aromatic carbocycles. The first-order valence-corrected chi connectivity index (χ1v) is 9.32. The van der Waals surface area contributed by atoms with E-state index in [0.717, 1.165) is 18.4 Å². The Kier molecular flexibility index (Phi) is 5.04. The molecule has 1 aliphatic carbocycles. The number of nitrogens with zero attached hydrogens (tertiary/aromatic N) is 2. The van der Waals surface area contributed by atoms with E-state index in [9.17, 15) is 4.79 Å². The summed E-state index contributed by atoms with van der Waals surface area (Å²) in [5, 5.41) is 0.650. The van der Waals surface area contributed by atoms with Crippen molar-refractivity contribution in [3.05, 3.63) is 41.1 Å². The molecule has 1 saturated carbocycles. The van der Waals surface area contributed by atoms with Crippen LogP contribution in [0.3, 0.4) is 0 Å². The molecule has 0 aromatic heterocycles. The van der Waals surface area contributed by atoms with Gasteiger partial charge in [-0.25, -0.2) is 0 Å². The fourth-order valence-corrected chi connectivity index (χ4v) is 3.90. The summed E-state index contributed by atoms with van der Waals surface area (Å²) in [4.78, 5) is 16.6. The first-order chi connectivity index (χ1) is 11.5. The van der Waals surface area contributed by atoms with Gasteiger partial charge in [-0.05, 0) is 48.2 Å². The van der Waals surface area contributed by atoms with Gasteiger partial charge in [-0.2, -0.15) is 0 Å². The molecule has 1 amide bonds. The summed E-state index contributed by atoms with van der Waals surface area (Å²) in [5.41, 5.74) is 3.04. The Morgan fingerprint density at radius 1 is 1.12 bits per heavy atom. The fourth-order valence-electron chi connectivity index (χ4n) is 3.57. The third kappa shape index (κ3) is 3.25. The molecule has 24 heavy (non-hydrogen) atoms. The summed E-state index contributed by atoms with van der Waals surface area (Å²) >= 11 is 5.56. The van der Waals surface area contributed by atoms with Crippen LogP contribution in [0.5, 0.6) is 0 Å². The number of carbonyl (C=O) groups excluding carboxylic acids is 1. The molecule has 0 bridgehead atoms. The summed E-state index contributed by atoms with van der Waals surface area (Å²) < 4.78 is 0. The van der Waals surface area contributed by atoms with Crippen molar-refractivity contribution in [3.8, 4) is 0 Å². The minimum atomic E-state index is 0.0577. The van der Waals surface area contributed by atoms with E-state index in [1.807, 2.05) is 22.9 Å². The standard InChI is InChI=1S/C20H26N2OS/c1-14(2)16-11-9-15(10-12-16)13-18-19(23)22(20(24)21(18)3)17-7-5-4-6-8-17/h9-14,17H,4-8H2,1-3H3. The number of hydrogen-bond acceptors (Lipinski definition) is 2. The third-order valence-electron chi connectivity index (χ3n) is 5.14. The molecular formula is C20H26N2OS. The van der Waals surface area contributed by atoms with E-state index in [-0.39, 0.29) is 11.9 Å². The zero-order chi connectivity index (χ0) is 17.3. The Morgan fingerprint density at radius 2 is 1.75 bits per heavy atom. The van der Waals surface area contributed by atoms with E-state index in [1.165, 1.54) is 24.8 Å². The van der Waals surface area contributed by atoms with Gasteiger partial charge in [-0.1, -0.05) is 57.4 Å². The molecule has 3 rings (SSSR count). The van der Waals surface area contributed by atoms with Crippen molar-refractivity contribution >= 4 is 29.3 Å². The maximum Gasteiger partial charge on any atom is 0.277 e. The largest absolute Gasteiger partial charge is 0.317 e. The highest BCUT2D eigenvalue weighted by molar-refractivity contribution is 7.80. The highest BCUT2D eigenvalue weighted by Crippen LogP contribution is 2.30. The van der Waals surface area contributed by atoms with Crippen LogP contribution in [0.25, 0.3) is 6.08 Å². The van der Waals surface area contributed by atoms with E-state index in [1.54, 1.807) is 0 Å². The molecule has 3 nitrogen and oxygen atoms in total. The average Bonchev–Trinajstić information content (AvgIpc) is 2.80. The van der Waals surface area contributed by atoms with E-state index in [0.29, 0.717) is 16.7 Å². The van der Waals surface area contributed by atoms with Gasteiger partial charge in [0, 0.05) is 13.1 Å². The lowest BCUT2D eigenvalue weighted by Crippen LogP contribution is -2.41. The topological polar surface area (TPSA) is 23.6 Å². The van der Waals surface area contributed by atoms with Crippen LogP contribution in [-0.2, 0) is 4.79 Å². The zero-order valence-corrected chi connectivity index (χ0v) is 15.6. The van der Waals surface area contributed by atoms with Crippen molar-refractivity contribution in [1.29, 1.82) is 0 Å². The highest BCUT2D eigenvalue weighted by atomic mass is 32.1. The van der Waals surface area contributed by atoms with Gasteiger partial charge in [0.15, 0.2) is 5.11 Å². The Hall–Kier alpha value is -1.68. The second-order valence-corrected chi connectivity index (χ2v) is 7.52. The van der Waals surface area contributed by atoms with Gasteiger partial charge in [-0.3, -0.25) is 9.69 Å². The highest BCUT2D eigenvalue weighted by Gasteiger charge is 2.40. The molecule has 0 N–H and O–H groups in total. The number of benzene rings is 1. The van der Waals surface area contributed by atoms with Gasteiger partial charge in [0.1, 0.15) is 5.70 Å². The third-order valence-corrected chi connectivity index (χ3v) is 5.61. The molecule has 0 unspecified atom stereocenters. The van der Waals surface area contributed by atoms with Crippen LogP contribution in [0.15, 0.2) is 30.0 Å². The van der Waals surface area contributed by atoms with Crippen molar-refractivity contribution < 1.29 is 4.79 Å². The first-order valence-electron chi connectivity index (χ1n) is 8.92. The van der Waals surface area contributed by atoms with E-state index in [2.05, 4.69) is 38.1 Å².